The minimum absolute atomic E-state index is 0.00934. The molecular weight excluding hydrogens is 461 g/mol. The van der Waals surface area contributed by atoms with Gasteiger partial charge >= 0.3 is 0 Å². The number of carbonyl (C=O) groups excluding carboxylic acids is 1. The Balaban J connectivity index is 1.55. The zero-order valence-electron chi connectivity index (χ0n) is 16.1. The Kier molecular flexibility index (Phi) is 6.17. The number of anilines is 1. The monoisotopic (exact) mass is 475 g/mol. The minimum atomic E-state index is -0.349. The number of halogens is 2. The summed E-state index contributed by atoms with van der Waals surface area (Å²) in [5, 5.41) is 8.61. The molecule has 0 fully saturated rings. The number of ether oxygens (including phenoxy) is 1. The molecule has 8 nitrogen and oxygen atoms in total. The van der Waals surface area contributed by atoms with Crippen LogP contribution in [-0.4, -0.2) is 38.5 Å². The van der Waals surface area contributed by atoms with Crippen LogP contribution in [0.15, 0.2) is 58.6 Å². The van der Waals surface area contributed by atoms with Crippen molar-refractivity contribution in [1.82, 2.24) is 19.7 Å². The maximum absolute atomic E-state index is 12.4. The first-order chi connectivity index (χ1) is 14.9. The van der Waals surface area contributed by atoms with E-state index in [2.05, 4.69) is 20.4 Å². The average molecular weight is 476 g/mol. The number of benzene rings is 2. The van der Waals surface area contributed by atoms with Crippen LogP contribution in [0.3, 0.4) is 0 Å². The molecule has 0 saturated heterocycles. The molecule has 2 aromatic heterocycles. The molecule has 0 unspecified atom stereocenters. The van der Waals surface area contributed by atoms with E-state index in [1.807, 2.05) is 0 Å². The average Bonchev–Trinajstić information content (AvgIpc) is 3.17. The highest BCUT2D eigenvalue weighted by atomic mass is 35.5. The van der Waals surface area contributed by atoms with E-state index in [1.54, 1.807) is 42.5 Å². The molecule has 2 aromatic carbocycles. The second kappa shape index (κ2) is 9.01. The molecule has 158 valence electrons. The number of H-pyrrole nitrogens is 1. The lowest BCUT2D eigenvalue weighted by Gasteiger charge is -2.10. The van der Waals surface area contributed by atoms with Gasteiger partial charge in [-0.05, 0) is 36.4 Å². The number of amides is 1. The number of hydrogen-bond donors (Lipinski definition) is 2. The van der Waals surface area contributed by atoms with E-state index in [-0.39, 0.29) is 22.4 Å². The summed E-state index contributed by atoms with van der Waals surface area (Å²) in [6.45, 7) is 0. The molecular formula is C20H15Cl2N5O3S. The standard InChI is InChI=1S/C20H15Cl2N5O3S/c1-30-16-6-5-12(22)8-15(16)24-17(28)10-31-20-25-18-14(19(29)26-20)9-23-27(18)13-4-2-3-11(21)7-13/h2-9H,10H2,1H3,(H,24,28)(H,25,26,29). The van der Waals surface area contributed by atoms with Crippen molar-refractivity contribution < 1.29 is 9.53 Å². The van der Waals surface area contributed by atoms with Crippen LogP contribution in [0.25, 0.3) is 16.7 Å². The van der Waals surface area contributed by atoms with Crippen LogP contribution in [0.5, 0.6) is 5.75 Å². The molecule has 31 heavy (non-hydrogen) atoms. The van der Waals surface area contributed by atoms with Crippen LogP contribution >= 0.6 is 35.0 Å². The molecule has 4 aromatic rings. The minimum Gasteiger partial charge on any atom is -0.495 e. The number of nitrogens with one attached hydrogen (secondary N) is 2. The quantitative estimate of drug-likeness (QED) is 0.320. The molecule has 11 heteroatoms. The summed E-state index contributed by atoms with van der Waals surface area (Å²) in [7, 11) is 1.50. The molecule has 0 spiro atoms. The number of aromatic amines is 1. The topological polar surface area (TPSA) is 102 Å². The fraction of sp³-hybridized carbons (Fsp3) is 0.100. The Bertz CT molecular complexity index is 1340. The van der Waals surface area contributed by atoms with Gasteiger partial charge < -0.3 is 15.0 Å². The second-order valence-electron chi connectivity index (χ2n) is 6.33. The highest BCUT2D eigenvalue weighted by Crippen LogP contribution is 2.28. The molecule has 0 bridgehead atoms. The summed E-state index contributed by atoms with van der Waals surface area (Å²) < 4.78 is 6.75. The van der Waals surface area contributed by atoms with E-state index in [0.717, 1.165) is 11.8 Å². The molecule has 4 rings (SSSR count). The number of carbonyl (C=O) groups is 1. The smallest absolute Gasteiger partial charge is 0.262 e. The van der Waals surface area contributed by atoms with E-state index in [9.17, 15) is 9.59 Å². The summed E-state index contributed by atoms with van der Waals surface area (Å²) in [5.41, 5.74) is 1.14. The number of fused-ring (bicyclic) bond motifs is 1. The summed E-state index contributed by atoms with van der Waals surface area (Å²) in [4.78, 5) is 32.0. The Morgan fingerprint density at radius 2 is 2.03 bits per heavy atom. The van der Waals surface area contributed by atoms with Crippen LogP contribution < -0.4 is 15.6 Å². The van der Waals surface area contributed by atoms with Crippen LogP contribution in [0, 0.1) is 0 Å². The van der Waals surface area contributed by atoms with E-state index in [0.29, 0.717) is 38.2 Å². The zero-order chi connectivity index (χ0) is 22.0. The lowest BCUT2D eigenvalue weighted by Crippen LogP contribution is -2.16. The number of nitrogens with zero attached hydrogens (tertiary/aromatic N) is 3. The van der Waals surface area contributed by atoms with Gasteiger partial charge in [-0.3, -0.25) is 9.59 Å². The van der Waals surface area contributed by atoms with Gasteiger partial charge in [-0.1, -0.05) is 41.0 Å². The van der Waals surface area contributed by atoms with Gasteiger partial charge in [0.2, 0.25) is 5.91 Å². The van der Waals surface area contributed by atoms with Gasteiger partial charge in [0.05, 0.1) is 30.4 Å². The number of rotatable bonds is 6. The maximum atomic E-state index is 12.4. The van der Waals surface area contributed by atoms with Gasteiger partial charge in [-0.15, -0.1) is 0 Å². The van der Waals surface area contributed by atoms with Crippen molar-refractivity contribution in [1.29, 1.82) is 0 Å². The Morgan fingerprint density at radius 1 is 1.23 bits per heavy atom. The van der Waals surface area contributed by atoms with Gasteiger partial charge in [0.1, 0.15) is 11.1 Å². The molecule has 0 radical (unpaired) electrons. The Hall–Kier alpha value is -3.01. The van der Waals surface area contributed by atoms with Gasteiger partial charge in [0.15, 0.2) is 10.8 Å². The zero-order valence-corrected chi connectivity index (χ0v) is 18.4. The third kappa shape index (κ3) is 4.68. The molecule has 0 aliphatic carbocycles. The summed E-state index contributed by atoms with van der Waals surface area (Å²) in [6.07, 6.45) is 1.44. The lowest BCUT2D eigenvalue weighted by atomic mass is 10.3. The van der Waals surface area contributed by atoms with Gasteiger partial charge in [0.25, 0.3) is 5.56 Å². The first kappa shape index (κ1) is 21.2. The van der Waals surface area contributed by atoms with Crippen molar-refractivity contribution in [2.24, 2.45) is 0 Å². The fourth-order valence-corrected chi connectivity index (χ4v) is 3.87. The molecule has 0 aliphatic heterocycles. The van der Waals surface area contributed by atoms with Crippen molar-refractivity contribution in [2.45, 2.75) is 5.16 Å². The van der Waals surface area contributed by atoms with E-state index >= 15 is 0 Å². The van der Waals surface area contributed by atoms with Crippen molar-refractivity contribution >= 4 is 57.6 Å². The predicted molar refractivity (Wildman–Crippen MR) is 122 cm³/mol. The lowest BCUT2D eigenvalue weighted by molar-refractivity contribution is -0.113. The fourth-order valence-electron chi connectivity index (χ4n) is 2.86. The summed E-state index contributed by atoms with van der Waals surface area (Å²) in [6, 6.07) is 12.0. The second-order valence-corrected chi connectivity index (χ2v) is 8.16. The van der Waals surface area contributed by atoms with Crippen molar-refractivity contribution in [3.8, 4) is 11.4 Å². The summed E-state index contributed by atoms with van der Waals surface area (Å²) in [5.74, 6) is 0.188. The van der Waals surface area contributed by atoms with Crippen molar-refractivity contribution in [3.63, 3.8) is 0 Å². The molecule has 0 aliphatic rings. The van der Waals surface area contributed by atoms with E-state index < -0.39 is 0 Å². The third-order valence-electron chi connectivity index (χ3n) is 4.24. The normalized spacial score (nSPS) is 10.9. The molecule has 2 heterocycles. The third-order valence-corrected chi connectivity index (χ3v) is 5.59. The Labute approximate surface area is 190 Å². The first-order valence-corrected chi connectivity index (χ1v) is 10.7. The molecule has 2 N–H and O–H groups in total. The van der Waals surface area contributed by atoms with Gasteiger partial charge in [0, 0.05) is 10.0 Å². The highest BCUT2D eigenvalue weighted by molar-refractivity contribution is 7.99. The van der Waals surface area contributed by atoms with Crippen LogP contribution in [-0.2, 0) is 4.79 Å². The van der Waals surface area contributed by atoms with Crippen LogP contribution in [0.1, 0.15) is 0 Å². The van der Waals surface area contributed by atoms with Gasteiger partial charge in [-0.2, -0.15) is 5.10 Å². The number of methoxy groups -OCH3 is 1. The van der Waals surface area contributed by atoms with Gasteiger partial charge in [-0.25, -0.2) is 9.67 Å². The molecule has 0 saturated carbocycles. The largest absolute Gasteiger partial charge is 0.495 e. The first-order valence-electron chi connectivity index (χ1n) is 8.95. The van der Waals surface area contributed by atoms with Crippen LogP contribution in [0.4, 0.5) is 5.69 Å². The van der Waals surface area contributed by atoms with E-state index in [4.69, 9.17) is 27.9 Å². The highest BCUT2D eigenvalue weighted by Gasteiger charge is 2.14. The van der Waals surface area contributed by atoms with Crippen LogP contribution in [0.2, 0.25) is 10.0 Å². The van der Waals surface area contributed by atoms with E-state index in [1.165, 1.54) is 18.0 Å². The van der Waals surface area contributed by atoms with Crippen molar-refractivity contribution in [3.05, 3.63) is 69.1 Å². The molecule has 0 atom stereocenters. The number of aromatic nitrogens is 4. The number of thioether (sulfide) groups is 1. The van der Waals surface area contributed by atoms with Crippen molar-refractivity contribution in [2.75, 3.05) is 18.2 Å². The Morgan fingerprint density at radius 3 is 2.81 bits per heavy atom. The SMILES string of the molecule is COc1ccc(Cl)cc1NC(=O)CSc1nc2c(cnn2-c2cccc(Cl)c2)c(=O)[nH]1. The summed E-state index contributed by atoms with van der Waals surface area (Å²) >= 11 is 13.1. The molecule has 1 amide bonds. The number of hydrogen-bond acceptors (Lipinski definition) is 6. The maximum Gasteiger partial charge on any atom is 0.262 e. The predicted octanol–water partition coefficient (Wildman–Crippen LogP) is 4.16.